The maximum Gasteiger partial charge on any atom is 0.260 e. The van der Waals surface area contributed by atoms with E-state index in [1.165, 1.54) is 16.3 Å². The van der Waals surface area contributed by atoms with Crippen molar-refractivity contribution in [1.29, 1.82) is 0 Å². The summed E-state index contributed by atoms with van der Waals surface area (Å²) >= 11 is 6.19. The Bertz CT molecular complexity index is 2540. The van der Waals surface area contributed by atoms with Crippen LogP contribution in [-0.4, -0.2) is 28.1 Å². The molecule has 0 amide bonds. The molecule has 7 heteroatoms. The van der Waals surface area contributed by atoms with Gasteiger partial charge in [0.1, 0.15) is 5.76 Å². The Balaban J connectivity index is 1.26. The smallest absolute Gasteiger partial charge is 0.260 e. The molecule has 0 saturated heterocycles. The SMILES string of the molecule is C[C@H](c1ccccc1)N1CC2=C(OC(N)=C(c3nc(-c4ccc(Cl)cc4)no3)C2c2cccc3ccccc23)/C(=C/c2cccc3ccccc23)C1. The summed E-state index contributed by atoms with van der Waals surface area (Å²) in [5.74, 6) is 1.47. The average molecular weight is 699 g/mol. The molecule has 0 spiro atoms. The summed E-state index contributed by atoms with van der Waals surface area (Å²) in [5, 5.41) is 9.65. The molecule has 254 valence electrons. The number of rotatable bonds is 6. The maximum absolute atomic E-state index is 7.03. The molecule has 6 aromatic carbocycles. The minimum absolute atomic E-state index is 0.117. The van der Waals surface area contributed by atoms with Crippen LogP contribution in [0.2, 0.25) is 5.02 Å². The first-order chi connectivity index (χ1) is 25.5. The van der Waals surface area contributed by atoms with Gasteiger partial charge in [-0.3, -0.25) is 4.90 Å². The number of hydrogen-bond acceptors (Lipinski definition) is 6. The third-order valence-corrected chi connectivity index (χ3v) is 10.6. The normalized spacial score (nSPS) is 17.8. The van der Waals surface area contributed by atoms with Gasteiger partial charge in [0.15, 0.2) is 0 Å². The Labute approximate surface area is 307 Å². The first-order valence-electron chi connectivity index (χ1n) is 17.5. The molecule has 1 unspecified atom stereocenters. The van der Waals surface area contributed by atoms with Gasteiger partial charge in [-0.2, -0.15) is 4.98 Å². The van der Waals surface area contributed by atoms with Crippen molar-refractivity contribution in [2.75, 3.05) is 13.1 Å². The van der Waals surface area contributed by atoms with Crippen LogP contribution in [0.25, 0.3) is 44.6 Å². The summed E-state index contributed by atoms with van der Waals surface area (Å²) in [4.78, 5) is 7.42. The monoisotopic (exact) mass is 698 g/mol. The second-order valence-electron chi connectivity index (χ2n) is 13.4. The second kappa shape index (κ2) is 13.3. The topological polar surface area (TPSA) is 77.4 Å². The lowest BCUT2D eigenvalue weighted by atomic mass is 9.77. The minimum atomic E-state index is -0.338. The predicted molar refractivity (Wildman–Crippen MR) is 209 cm³/mol. The number of nitrogens with two attached hydrogens (primary N) is 1. The first-order valence-corrected chi connectivity index (χ1v) is 17.9. The molecule has 9 rings (SSSR count). The Morgan fingerprint density at radius 3 is 2.23 bits per heavy atom. The number of hydrogen-bond donors (Lipinski definition) is 1. The van der Waals surface area contributed by atoms with Gasteiger partial charge in [-0.1, -0.05) is 132 Å². The third-order valence-electron chi connectivity index (χ3n) is 10.3. The quantitative estimate of drug-likeness (QED) is 0.186. The highest BCUT2D eigenvalue weighted by atomic mass is 35.5. The summed E-state index contributed by atoms with van der Waals surface area (Å²) in [6, 6.07) is 48.0. The van der Waals surface area contributed by atoms with E-state index < -0.39 is 0 Å². The summed E-state index contributed by atoms with van der Waals surface area (Å²) in [6.07, 6.45) is 2.27. The molecule has 0 radical (unpaired) electrons. The molecule has 0 saturated carbocycles. The van der Waals surface area contributed by atoms with Crippen molar-refractivity contribution < 1.29 is 9.26 Å². The summed E-state index contributed by atoms with van der Waals surface area (Å²) in [6.45, 7) is 3.58. The van der Waals surface area contributed by atoms with E-state index >= 15 is 0 Å². The van der Waals surface area contributed by atoms with Crippen molar-refractivity contribution in [3.05, 3.63) is 190 Å². The average Bonchev–Trinajstić information content (AvgIpc) is 3.68. The molecule has 7 aromatic rings. The van der Waals surface area contributed by atoms with E-state index in [4.69, 9.17) is 31.6 Å². The molecular formula is C45H35ClN4O2. The highest BCUT2D eigenvalue weighted by Crippen LogP contribution is 2.50. The van der Waals surface area contributed by atoms with Crippen molar-refractivity contribution in [3.63, 3.8) is 0 Å². The third kappa shape index (κ3) is 5.76. The van der Waals surface area contributed by atoms with Gasteiger partial charge in [0.25, 0.3) is 5.89 Å². The van der Waals surface area contributed by atoms with Crippen LogP contribution in [0.4, 0.5) is 0 Å². The Morgan fingerprint density at radius 2 is 1.44 bits per heavy atom. The molecule has 2 aliphatic heterocycles. The van der Waals surface area contributed by atoms with Crippen molar-refractivity contribution >= 4 is 44.8 Å². The molecule has 0 fully saturated rings. The van der Waals surface area contributed by atoms with Gasteiger partial charge >= 0.3 is 0 Å². The van der Waals surface area contributed by atoms with Crippen molar-refractivity contribution in [2.45, 2.75) is 18.9 Å². The highest BCUT2D eigenvalue weighted by molar-refractivity contribution is 6.30. The highest BCUT2D eigenvalue weighted by Gasteiger charge is 2.41. The van der Waals surface area contributed by atoms with Gasteiger partial charge in [-0.25, -0.2) is 0 Å². The maximum atomic E-state index is 7.03. The van der Waals surface area contributed by atoms with Crippen LogP contribution in [0.5, 0.6) is 0 Å². The van der Waals surface area contributed by atoms with Gasteiger partial charge in [-0.05, 0) is 81.1 Å². The number of ether oxygens (including phenoxy) is 1. The first kappa shape index (κ1) is 32.0. The summed E-state index contributed by atoms with van der Waals surface area (Å²) in [7, 11) is 0. The van der Waals surface area contributed by atoms with Crippen LogP contribution in [0.15, 0.2) is 167 Å². The van der Waals surface area contributed by atoms with E-state index in [2.05, 4.69) is 138 Å². The van der Waals surface area contributed by atoms with Crippen LogP contribution in [0.3, 0.4) is 0 Å². The molecular weight excluding hydrogens is 664 g/mol. The molecule has 52 heavy (non-hydrogen) atoms. The Kier molecular flexibility index (Phi) is 8.19. The molecule has 1 aromatic heterocycles. The number of aromatic nitrogens is 2. The summed E-state index contributed by atoms with van der Waals surface area (Å²) in [5.41, 5.74) is 14.1. The Morgan fingerprint density at radius 1 is 0.769 bits per heavy atom. The summed E-state index contributed by atoms with van der Waals surface area (Å²) < 4.78 is 12.8. The van der Waals surface area contributed by atoms with Crippen molar-refractivity contribution in [1.82, 2.24) is 15.0 Å². The van der Waals surface area contributed by atoms with E-state index in [9.17, 15) is 0 Å². The fourth-order valence-electron chi connectivity index (χ4n) is 7.69. The zero-order chi connectivity index (χ0) is 35.2. The van der Waals surface area contributed by atoms with Crippen LogP contribution in [-0.2, 0) is 4.74 Å². The van der Waals surface area contributed by atoms with E-state index in [-0.39, 0.29) is 17.8 Å². The van der Waals surface area contributed by atoms with Crippen LogP contribution in [0, 0.1) is 0 Å². The number of nitrogens with zero attached hydrogens (tertiary/aromatic N) is 3. The van der Waals surface area contributed by atoms with Gasteiger partial charge in [-0.15, -0.1) is 0 Å². The van der Waals surface area contributed by atoms with Crippen LogP contribution in [0.1, 0.15) is 41.5 Å². The zero-order valence-electron chi connectivity index (χ0n) is 28.5. The van der Waals surface area contributed by atoms with Gasteiger partial charge in [0, 0.05) is 41.2 Å². The largest absolute Gasteiger partial charge is 0.441 e. The van der Waals surface area contributed by atoms with Crippen molar-refractivity contribution in [3.8, 4) is 11.4 Å². The fourth-order valence-corrected chi connectivity index (χ4v) is 7.82. The van der Waals surface area contributed by atoms with Crippen molar-refractivity contribution in [2.24, 2.45) is 5.73 Å². The Hall–Kier alpha value is -5.95. The molecule has 0 bridgehead atoms. The molecule has 2 atom stereocenters. The lowest BCUT2D eigenvalue weighted by Gasteiger charge is -2.41. The van der Waals surface area contributed by atoms with E-state index in [0.717, 1.165) is 44.4 Å². The molecule has 0 aliphatic carbocycles. The number of fused-ring (bicyclic) bond motifs is 2. The van der Waals surface area contributed by atoms with Crippen LogP contribution < -0.4 is 5.73 Å². The number of allylic oxidation sites excluding steroid dienone is 1. The number of benzene rings is 6. The lowest BCUT2D eigenvalue weighted by Crippen LogP contribution is -2.39. The second-order valence-corrected chi connectivity index (χ2v) is 13.8. The van der Waals surface area contributed by atoms with E-state index in [1.54, 1.807) is 0 Å². The van der Waals surface area contributed by atoms with Gasteiger partial charge in [0.2, 0.25) is 11.7 Å². The van der Waals surface area contributed by atoms with E-state index in [0.29, 0.717) is 35.4 Å². The minimum Gasteiger partial charge on any atom is -0.441 e. The van der Waals surface area contributed by atoms with Crippen LogP contribution >= 0.6 is 11.6 Å². The molecule has 2 aliphatic rings. The van der Waals surface area contributed by atoms with Gasteiger partial charge < -0.3 is 15.0 Å². The molecule has 3 heterocycles. The fraction of sp³-hybridized carbons (Fsp3) is 0.111. The number of halogens is 1. The zero-order valence-corrected chi connectivity index (χ0v) is 29.3. The van der Waals surface area contributed by atoms with Gasteiger partial charge in [0.05, 0.1) is 5.57 Å². The molecule has 6 nitrogen and oxygen atoms in total. The lowest BCUT2D eigenvalue weighted by molar-refractivity contribution is 0.203. The molecule has 2 N–H and O–H groups in total. The standard InChI is InChI=1S/C45H35ClN4O2/c1-28(29-11-3-2-4-12-29)50-26-34(25-33-17-9-15-30-13-5-7-18-36(30)33)42-39(27-50)40(38-20-10-16-31-14-6-8-19-37(31)38)41(43(47)51-42)45-48-44(49-52-45)32-21-23-35(46)24-22-32/h2-25,28,40H,26-27,47H2,1H3/b34-25+/t28-,40?/m1/s1. The van der Waals surface area contributed by atoms with E-state index in [1.807, 2.05) is 24.3 Å². The predicted octanol–water partition coefficient (Wildman–Crippen LogP) is 10.6.